The molecule has 0 heteroatoms. The maximum Gasteiger partial charge on any atom is 0.0165 e. The van der Waals surface area contributed by atoms with Crippen LogP contribution in [0.5, 0.6) is 0 Å². The van der Waals surface area contributed by atoms with Crippen LogP contribution in [0, 0.1) is 0 Å². The van der Waals surface area contributed by atoms with E-state index in [4.69, 9.17) is 0 Å². The number of hydrogen-bond acceptors (Lipinski definition) is 0. The van der Waals surface area contributed by atoms with Gasteiger partial charge in [-0.2, -0.15) is 0 Å². The van der Waals surface area contributed by atoms with Crippen LogP contribution in [0.1, 0.15) is 25.0 Å². The second-order valence-electron chi connectivity index (χ2n) is 16.0. The van der Waals surface area contributed by atoms with Crippen LogP contribution < -0.4 is 0 Å². The Morgan fingerprint density at radius 1 is 0.291 bits per heavy atom. The molecule has 0 saturated carbocycles. The van der Waals surface area contributed by atoms with Crippen LogP contribution in [-0.2, 0) is 5.41 Å². The average Bonchev–Trinajstić information content (AvgIpc) is 3.47. The Hall–Kier alpha value is -6.76. The summed E-state index contributed by atoms with van der Waals surface area (Å²) < 4.78 is 0. The maximum absolute atomic E-state index is 2.50. The molecule has 256 valence electrons. The van der Waals surface area contributed by atoms with Gasteiger partial charge in [0.15, 0.2) is 0 Å². The molecule has 0 atom stereocenters. The van der Waals surface area contributed by atoms with E-state index in [1.807, 2.05) is 0 Å². The third-order valence-corrected chi connectivity index (χ3v) is 12.7. The third kappa shape index (κ3) is 4.17. The minimum atomic E-state index is -0.151. The summed E-state index contributed by atoms with van der Waals surface area (Å²) in [7, 11) is 0. The van der Waals surface area contributed by atoms with Gasteiger partial charge in [0.2, 0.25) is 0 Å². The lowest BCUT2D eigenvalue weighted by Gasteiger charge is -2.24. The van der Waals surface area contributed by atoms with E-state index in [0.717, 1.165) is 0 Å². The summed E-state index contributed by atoms with van der Waals surface area (Å²) in [5.74, 6) is 0. The molecule has 0 aromatic heterocycles. The van der Waals surface area contributed by atoms with Crippen molar-refractivity contribution in [1.29, 1.82) is 0 Å². The third-order valence-electron chi connectivity index (χ3n) is 12.7. The molecular formula is C55H36. The highest BCUT2D eigenvalue weighted by Gasteiger charge is 2.38. The molecule has 0 aliphatic heterocycles. The first-order chi connectivity index (χ1) is 27.1. The van der Waals surface area contributed by atoms with Crippen LogP contribution in [0.4, 0.5) is 0 Å². The van der Waals surface area contributed by atoms with Crippen LogP contribution in [0.3, 0.4) is 0 Å². The number of rotatable bonds is 2. The van der Waals surface area contributed by atoms with Crippen molar-refractivity contribution < 1.29 is 0 Å². The van der Waals surface area contributed by atoms with Gasteiger partial charge < -0.3 is 0 Å². The zero-order valence-electron chi connectivity index (χ0n) is 30.8. The highest BCUT2D eigenvalue weighted by Crippen LogP contribution is 2.56. The minimum Gasteiger partial charge on any atom is -0.0616 e. The Morgan fingerprint density at radius 3 is 1.38 bits per heavy atom. The molecule has 11 aromatic carbocycles. The number of hydrogen-bond donors (Lipinski definition) is 0. The summed E-state index contributed by atoms with van der Waals surface area (Å²) in [6.45, 7) is 4.84. The van der Waals surface area contributed by atoms with Crippen molar-refractivity contribution in [3.63, 3.8) is 0 Å². The van der Waals surface area contributed by atoms with Gasteiger partial charge in [0.05, 0.1) is 0 Å². The van der Waals surface area contributed by atoms with E-state index in [-0.39, 0.29) is 5.41 Å². The summed E-state index contributed by atoms with van der Waals surface area (Å²) in [4.78, 5) is 0. The second kappa shape index (κ2) is 11.1. The molecule has 0 nitrogen and oxygen atoms in total. The van der Waals surface area contributed by atoms with Crippen molar-refractivity contribution in [2.45, 2.75) is 19.3 Å². The van der Waals surface area contributed by atoms with Gasteiger partial charge >= 0.3 is 0 Å². The first kappa shape index (κ1) is 30.7. The molecule has 0 heterocycles. The Labute approximate surface area is 319 Å². The molecule has 0 saturated heterocycles. The lowest BCUT2D eigenvalue weighted by atomic mass is 9.79. The summed E-state index contributed by atoms with van der Waals surface area (Å²) in [5, 5.41) is 18.2. The average molecular weight is 697 g/mol. The molecule has 12 rings (SSSR count). The molecular weight excluding hydrogens is 661 g/mol. The van der Waals surface area contributed by atoms with Crippen LogP contribution in [-0.4, -0.2) is 0 Å². The van der Waals surface area contributed by atoms with Crippen molar-refractivity contribution >= 4 is 75.4 Å². The predicted octanol–water partition coefficient (Wildman–Crippen LogP) is 15.4. The fourth-order valence-corrected chi connectivity index (χ4v) is 10.4. The van der Waals surface area contributed by atoms with Crippen molar-refractivity contribution in [1.82, 2.24) is 0 Å². The quantitative estimate of drug-likeness (QED) is 0.125. The van der Waals surface area contributed by atoms with Crippen molar-refractivity contribution in [3.05, 3.63) is 193 Å². The lowest BCUT2D eigenvalue weighted by molar-refractivity contribution is 0.667. The molecule has 1 aliphatic carbocycles. The minimum absolute atomic E-state index is 0.151. The molecule has 1 aliphatic rings. The zero-order chi connectivity index (χ0) is 36.4. The predicted molar refractivity (Wildman–Crippen MR) is 237 cm³/mol. The summed E-state index contributed by atoms with van der Waals surface area (Å²) in [5.41, 5.74) is 10.6. The van der Waals surface area contributed by atoms with Crippen LogP contribution in [0.15, 0.2) is 182 Å². The molecule has 0 fully saturated rings. The SMILES string of the molecule is CC1(C)c2cc3cc(-c4c5ccccc5c(-c5cc6ccccc6c6ccccc56)c5ccccc45)ccc3cc2-c2c1c1ccccc1c1ccccc21. The molecule has 0 amide bonds. The number of benzene rings is 11. The van der Waals surface area contributed by atoms with Crippen molar-refractivity contribution in [2.24, 2.45) is 0 Å². The van der Waals surface area contributed by atoms with E-state index < -0.39 is 0 Å². The van der Waals surface area contributed by atoms with Gasteiger partial charge in [-0.15, -0.1) is 0 Å². The van der Waals surface area contributed by atoms with Crippen LogP contribution in [0.25, 0.3) is 109 Å². The second-order valence-corrected chi connectivity index (χ2v) is 16.0. The van der Waals surface area contributed by atoms with Crippen molar-refractivity contribution in [2.75, 3.05) is 0 Å². The van der Waals surface area contributed by atoms with Gasteiger partial charge in [-0.3, -0.25) is 0 Å². The molecule has 0 unspecified atom stereocenters. The molecule has 0 bridgehead atoms. The lowest BCUT2D eigenvalue weighted by Crippen LogP contribution is -2.15. The monoisotopic (exact) mass is 696 g/mol. The van der Waals surface area contributed by atoms with Gasteiger partial charge in [0.1, 0.15) is 0 Å². The highest BCUT2D eigenvalue weighted by atomic mass is 14.4. The fourth-order valence-electron chi connectivity index (χ4n) is 10.4. The Balaban J connectivity index is 1.12. The maximum atomic E-state index is 2.50. The van der Waals surface area contributed by atoms with E-state index in [1.54, 1.807) is 0 Å². The van der Waals surface area contributed by atoms with Gasteiger partial charge in [-0.1, -0.05) is 172 Å². The highest BCUT2D eigenvalue weighted by molar-refractivity contribution is 6.26. The molecule has 11 aromatic rings. The Bertz CT molecular complexity index is 3390. The first-order valence-electron chi connectivity index (χ1n) is 19.4. The normalized spacial score (nSPS) is 13.4. The molecule has 0 N–H and O–H groups in total. The van der Waals surface area contributed by atoms with Gasteiger partial charge in [0, 0.05) is 5.41 Å². The topological polar surface area (TPSA) is 0 Å². The smallest absolute Gasteiger partial charge is 0.0165 e. The van der Waals surface area contributed by atoms with E-state index in [2.05, 4.69) is 196 Å². The van der Waals surface area contributed by atoms with Crippen LogP contribution >= 0.6 is 0 Å². The molecule has 55 heavy (non-hydrogen) atoms. The van der Waals surface area contributed by atoms with Crippen LogP contribution in [0.2, 0.25) is 0 Å². The van der Waals surface area contributed by atoms with E-state index >= 15 is 0 Å². The van der Waals surface area contributed by atoms with Gasteiger partial charge in [-0.25, -0.2) is 0 Å². The largest absolute Gasteiger partial charge is 0.0616 e. The standard InChI is InChI=1S/C55H36/c1-55(2)50-32-36-29-35(28-27-33(36)30-49(50)53-42-21-9-7-18-39(42)40-19-8-14-26-47(40)54(53)55)51-43-22-10-12-24-45(43)52(46-25-13-11-23-44(46)51)48-31-34-15-3-4-16-37(34)38-17-5-6-20-41(38)48/h3-32H,1-2H3. The van der Waals surface area contributed by atoms with Crippen molar-refractivity contribution in [3.8, 4) is 33.4 Å². The summed E-state index contributed by atoms with van der Waals surface area (Å²) in [6.07, 6.45) is 0. The molecule has 0 spiro atoms. The Kier molecular flexibility index (Phi) is 6.21. The number of fused-ring (bicyclic) bond motifs is 14. The van der Waals surface area contributed by atoms with E-state index in [9.17, 15) is 0 Å². The Morgan fingerprint density at radius 2 is 0.745 bits per heavy atom. The van der Waals surface area contributed by atoms with E-state index in [0.29, 0.717) is 0 Å². The molecule has 0 radical (unpaired) electrons. The van der Waals surface area contributed by atoms with Gasteiger partial charge in [0.25, 0.3) is 0 Å². The zero-order valence-corrected chi connectivity index (χ0v) is 30.8. The summed E-state index contributed by atoms with van der Waals surface area (Å²) in [6, 6.07) is 68.3. The fraction of sp³-hybridized carbons (Fsp3) is 0.0545. The van der Waals surface area contributed by atoms with E-state index in [1.165, 1.54) is 120 Å². The first-order valence-corrected chi connectivity index (χ1v) is 19.4. The van der Waals surface area contributed by atoms with Gasteiger partial charge in [-0.05, 0) is 144 Å². The summed E-state index contributed by atoms with van der Waals surface area (Å²) >= 11 is 0.